The molecule has 5 nitrogen and oxygen atoms in total. The zero-order valence-electron chi connectivity index (χ0n) is 13.3. The highest BCUT2D eigenvalue weighted by molar-refractivity contribution is 5.89. The van der Waals surface area contributed by atoms with Crippen molar-refractivity contribution in [2.75, 3.05) is 18.5 Å². The molecule has 1 aliphatic rings. The lowest BCUT2D eigenvalue weighted by Crippen LogP contribution is -2.31. The van der Waals surface area contributed by atoms with Gasteiger partial charge < -0.3 is 20.1 Å². The summed E-state index contributed by atoms with van der Waals surface area (Å²) >= 11 is 0. The second kappa shape index (κ2) is 6.60. The van der Waals surface area contributed by atoms with Crippen LogP contribution in [0.1, 0.15) is 24.1 Å². The maximum atomic E-state index is 12.1. The predicted octanol–water partition coefficient (Wildman–Crippen LogP) is 3.65. The highest BCUT2D eigenvalue weighted by Gasteiger charge is 2.14. The Morgan fingerprint density at radius 2 is 1.74 bits per heavy atom. The molecule has 1 heterocycles. The van der Waals surface area contributed by atoms with Crippen molar-refractivity contribution in [3.05, 3.63) is 53.6 Å². The molecule has 0 radical (unpaired) electrons. The molecular formula is C18H20N2O3. The highest BCUT2D eigenvalue weighted by Crippen LogP contribution is 2.32. The van der Waals surface area contributed by atoms with Crippen LogP contribution in [-0.4, -0.2) is 19.2 Å². The van der Waals surface area contributed by atoms with Gasteiger partial charge in [-0.1, -0.05) is 29.8 Å². The molecule has 0 aromatic heterocycles. The first-order valence-corrected chi connectivity index (χ1v) is 7.65. The number of rotatable bonds is 3. The highest BCUT2D eigenvalue weighted by atomic mass is 16.6. The number of hydrogen-bond acceptors (Lipinski definition) is 3. The molecule has 2 N–H and O–H groups in total. The van der Waals surface area contributed by atoms with Crippen LogP contribution in [0, 0.1) is 6.92 Å². The molecule has 0 saturated carbocycles. The summed E-state index contributed by atoms with van der Waals surface area (Å²) in [5.41, 5.74) is 2.93. The molecule has 3 rings (SSSR count). The molecule has 1 atom stereocenters. The van der Waals surface area contributed by atoms with E-state index in [-0.39, 0.29) is 12.1 Å². The summed E-state index contributed by atoms with van der Waals surface area (Å²) in [5.74, 6) is 1.36. The van der Waals surface area contributed by atoms with E-state index >= 15 is 0 Å². The first-order chi connectivity index (χ1) is 11.1. The molecule has 0 spiro atoms. The lowest BCUT2D eigenvalue weighted by Gasteiger charge is -2.19. The lowest BCUT2D eigenvalue weighted by atomic mass is 10.1. The van der Waals surface area contributed by atoms with Gasteiger partial charge in [0.25, 0.3) is 0 Å². The van der Waals surface area contributed by atoms with Crippen LogP contribution in [0.25, 0.3) is 0 Å². The van der Waals surface area contributed by atoms with Crippen molar-refractivity contribution in [1.29, 1.82) is 0 Å². The Bertz CT molecular complexity index is 698. The zero-order valence-corrected chi connectivity index (χ0v) is 13.3. The molecule has 5 heteroatoms. The van der Waals surface area contributed by atoms with Gasteiger partial charge in [-0.05, 0) is 31.5 Å². The van der Waals surface area contributed by atoms with Gasteiger partial charge in [0, 0.05) is 11.8 Å². The smallest absolute Gasteiger partial charge is 0.319 e. The van der Waals surface area contributed by atoms with Crippen molar-refractivity contribution in [3.8, 4) is 11.5 Å². The van der Waals surface area contributed by atoms with Gasteiger partial charge in [-0.2, -0.15) is 0 Å². The summed E-state index contributed by atoms with van der Waals surface area (Å²) in [7, 11) is 0. The van der Waals surface area contributed by atoms with Crippen LogP contribution < -0.4 is 20.1 Å². The maximum absolute atomic E-state index is 12.1. The minimum Gasteiger partial charge on any atom is -0.486 e. The van der Waals surface area contributed by atoms with Gasteiger partial charge in [0.1, 0.15) is 13.2 Å². The summed E-state index contributed by atoms with van der Waals surface area (Å²) in [6, 6.07) is 13.1. The van der Waals surface area contributed by atoms with Crippen molar-refractivity contribution in [2.45, 2.75) is 19.9 Å². The number of urea groups is 1. The average molecular weight is 312 g/mol. The molecular weight excluding hydrogens is 292 g/mol. The Hall–Kier alpha value is -2.69. The third-order valence-electron chi connectivity index (χ3n) is 3.72. The van der Waals surface area contributed by atoms with Crippen molar-refractivity contribution >= 4 is 11.7 Å². The van der Waals surface area contributed by atoms with Gasteiger partial charge >= 0.3 is 6.03 Å². The number of anilines is 1. The van der Waals surface area contributed by atoms with E-state index in [1.807, 2.05) is 38.1 Å². The van der Waals surface area contributed by atoms with Crippen LogP contribution in [0.4, 0.5) is 10.5 Å². The van der Waals surface area contributed by atoms with Gasteiger partial charge in [-0.25, -0.2) is 4.79 Å². The molecule has 1 aliphatic heterocycles. The molecule has 2 aromatic carbocycles. The fraction of sp³-hybridized carbons (Fsp3) is 0.278. The average Bonchev–Trinajstić information content (AvgIpc) is 2.55. The zero-order chi connectivity index (χ0) is 16.2. The monoisotopic (exact) mass is 312 g/mol. The Morgan fingerprint density at radius 1 is 1.04 bits per heavy atom. The second-order valence-electron chi connectivity index (χ2n) is 5.59. The number of carbonyl (C=O) groups excluding carboxylic acids is 1. The van der Waals surface area contributed by atoms with E-state index in [2.05, 4.69) is 10.6 Å². The van der Waals surface area contributed by atoms with Crippen molar-refractivity contribution in [3.63, 3.8) is 0 Å². The van der Waals surface area contributed by atoms with Crippen LogP contribution in [0.15, 0.2) is 42.5 Å². The first-order valence-electron chi connectivity index (χ1n) is 7.65. The Balaban J connectivity index is 1.61. The fourth-order valence-corrected chi connectivity index (χ4v) is 2.42. The third-order valence-corrected chi connectivity index (χ3v) is 3.72. The quantitative estimate of drug-likeness (QED) is 0.909. The second-order valence-corrected chi connectivity index (χ2v) is 5.59. The molecule has 23 heavy (non-hydrogen) atoms. The SMILES string of the molecule is Cc1ccc(C(C)NC(=O)Nc2ccc3c(c2)OCCO3)cc1. The van der Waals surface area contributed by atoms with Gasteiger partial charge in [0.05, 0.1) is 6.04 Å². The van der Waals surface area contributed by atoms with Crippen LogP contribution in [-0.2, 0) is 0 Å². The molecule has 1 unspecified atom stereocenters. The first kappa shape index (κ1) is 15.2. The van der Waals surface area contributed by atoms with E-state index < -0.39 is 0 Å². The number of hydrogen-bond donors (Lipinski definition) is 2. The molecule has 2 aromatic rings. The number of nitrogens with one attached hydrogen (secondary N) is 2. The van der Waals surface area contributed by atoms with Crippen molar-refractivity contribution in [2.24, 2.45) is 0 Å². The van der Waals surface area contributed by atoms with Crippen LogP contribution in [0.2, 0.25) is 0 Å². The van der Waals surface area contributed by atoms with Gasteiger partial charge in [-0.15, -0.1) is 0 Å². The van der Waals surface area contributed by atoms with Crippen LogP contribution in [0.3, 0.4) is 0 Å². The summed E-state index contributed by atoms with van der Waals surface area (Å²) in [4.78, 5) is 12.1. The van der Waals surface area contributed by atoms with Gasteiger partial charge in [0.15, 0.2) is 11.5 Å². The van der Waals surface area contributed by atoms with E-state index in [1.165, 1.54) is 5.56 Å². The fourth-order valence-electron chi connectivity index (χ4n) is 2.42. The third kappa shape index (κ3) is 3.74. The van der Waals surface area contributed by atoms with Crippen molar-refractivity contribution < 1.29 is 14.3 Å². The summed E-state index contributed by atoms with van der Waals surface area (Å²) in [6.07, 6.45) is 0. The van der Waals surface area contributed by atoms with Crippen LogP contribution >= 0.6 is 0 Å². The van der Waals surface area contributed by atoms with E-state index in [0.717, 1.165) is 5.56 Å². The minimum absolute atomic E-state index is 0.0761. The summed E-state index contributed by atoms with van der Waals surface area (Å²) in [6.45, 7) is 5.06. The molecule has 0 bridgehead atoms. The Morgan fingerprint density at radius 3 is 2.48 bits per heavy atom. The molecule has 0 saturated heterocycles. The summed E-state index contributed by atoms with van der Waals surface area (Å²) < 4.78 is 11.0. The number of ether oxygens (including phenoxy) is 2. The molecule has 0 aliphatic carbocycles. The van der Waals surface area contributed by atoms with Crippen molar-refractivity contribution in [1.82, 2.24) is 5.32 Å². The lowest BCUT2D eigenvalue weighted by molar-refractivity contribution is 0.171. The Labute approximate surface area is 135 Å². The standard InChI is InChI=1S/C18H20N2O3/c1-12-3-5-14(6-4-12)13(2)19-18(21)20-15-7-8-16-17(11-15)23-10-9-22-16/h3-8,11,13H,9-10H2,1-2H3,(H2,19,20,21). The van der Waals surface area contributed by atoms with E-state index in [9.17, 15) is 4.79 Å². The molecule has 0 fully saturated rings. The number of aryl methyl sites for hydroxylation is 1. The number of carbonyl (C=O) groups is 1. The number of amides is 2. The van der Waals surface area contributed by atoms with E-state index in [1.54, 1.807) is 18.2 Å². The van der Waals surface area contributed by atoms with E-state index in [0.29, 0.717) is 30.4 Å². The summed E-state index contributed by atoms with van der Waals surface area (Å²) in [5, 5.41) is 5.74. The predicted molar refractivity (Wildman–Crippen MR) is 89.2 cm³/mol. The normalized spacial score (nSPS) is 14.0. The van der Waals surface area contributed by atoms with E-state index in [4.69, 9.17) is 9.47 Å². The molecule has 120 valence electrons. The van der Waals surface area contributed by atoms with Crippen LogP contribution in [0.5, 0.6) is 11.5 Å². The van der Waals surface area contributed by atoms with Gasteiger partial charge in [0.2, 0.25) is 0 Å². The maximum Gasteiger partial charge on any atom is 0.319 e. The molecule has 2 amide bonds. The number of fused-ring (bicyclic) bond motifs is 1. The topological polar surface area (TPSA) is 59.6 Å². The largest absolute Gasteiger partial charge is 0.486 e. The minimum atomic E-state index is -0.255. The number of benzene rings is 2. The van der Waals surface area contributed by atoms with Gasteiger partial charge in [-0.3, -0.25) is 0 Å². The Kier molecular flexibility index (Phi) is 4.37.